The van der Waals surface area contributed by atoms with Gasteiger partial charge in [-0.2, -0.15) is 0 Å². The van der Waals surface area contributed by atoms with Gasteiger partial charge in [-0.3, -0.25) is 9.59 Å². The molecule has 2 rings (SSSR count). The summed E-state index contributed by atoms with van der Waals surface area (Å²) in [6.07, 6.45) is 2.33. The Hall–Kier alpha value is -2.30. The summed E-state index contributed by atoms with van der Waals surface area (Å²) in [6.45, 7) is 3.03. The average molecular weight is 259 g/mol. The Morgan fingerprint density at radius 2 is 1.84 bits per heavy atom. The number of anilines is 1. The molecule has 19 heavy (non-hydrogen) atoms. The van der Waals surface area contributed by atoms with E-state index in [0.717, 1.165) is 5.69 Å². The number of nitrogens with two attached hydrogens (primary N) is 1. The SMILES string of the molecule is Cc1cccc(=O)n1CCCn1cc(N)ccc1=O. The molecule has 2 heterocycles. The highest BCUT2D eigenvalue weighted by Gasteiger charge is 2.00. The van der Waals surface area contributed by atoms with Crippen LogP contribution >= 0.6 is 0 Å². The van der Waals surface area contributed by atoms with Gasteiger partial charge in [0, 0.05) is 42.8 Å². The predicted molar refractivity (Wildman–Crippen MR) is 75.2 cm³/mol. The van der Waals surface area contributed by atoms with Gasteiger partial charge in [-0.25, -0.2) is 0 Å². The van der Waals surface area contributed by atoms with Crippen molar-refractivity contribution in [2.75, 3.05) is 5.73 Å². The number of rotatable bonds is 4. The Kier molecular flexibility index (Phi) is 3.85. The fraction of sp³-hybridized carbons (Fsp3) is 0.286. The fourth-order valence-corrected chi connectivity index (χ4v) is 2.03. The smallest absolute Gasteiger partial charge is 0.250 e. The van der Waals surface area contributed by atoms with Crippen molar-refractivity contribution in [1.82, 2.24) is 9.13 Å². The zero-order valence-electron chi connectivity index (χ0n) is 10.9. The molecule has 0 bridgehead atoms. The molecule has 0 spiro atoms. The lowest BCUT2D eigenvalue weighted by Gasteiger charge is -2.10. The number of nitrogens with zero attached hydrogens (tertiary/aromatic N) is 2. The summed E-state index contributed by atoms with van der Waals surface area (Å²) in [5.74, 6) is 0. The largest absolute Gasteiger partial charge is 0.398 e. The van der Waals surface area contributed by atoms with E-state index < -0.39 is 0 Å². The van der Waals surface area contributed by atoms with Crippen LogP contribution in [0.4, 0.5) is 5.69 Å². The van der Waals surface area contributed by atoms with Crippen LogP contribution in [0.25, 0.3) is 0 Å². The van der Waals surface area contributed by atoms with E-state index in [1.165, 1.54) is 6.07 Å². The predicted octanol–water partition coefficient (Wildman–Crippen LogP) is 0.991. The molecule has 0 amide bonds. The number of nitrogen functional groups attached to an aromatic ring is 1. The molecule has 0 fully saturated rings. The Morgan fingerprint density at radius 3 is 2.58 bits per heavy atom. The number of aromatic nitrogens is 2. The number of pyridine rings is 2. The Bertz CT molecular complexity index is 686. The maximum absolute atomic E-state index is 11.7. The molecule has 0 radical (unpaired) electrons. The first-order valence-corrected chi connectivity index (χ1v) is 6.20. The third-order valence-corrected chi connectivity index (χ3v) is 3.06. The van der Waals surface area contributed by atoms with E-state index in [0.29, 0.717) is 25.2 Å². The second-order valence-electron chi connectivity index (χ2n) is 4.50. The molecule has 0 aliphatic rings. The maximum atomic E-state index is 11.7. The van der Waals surface area contributed by atoms with Gasteiger partial charge in [-0.05, 0) is 25.5 Å². The molecule has 5 heteroatoms. The standard InChI is InChI=1S/C14H17N3O2/c1-11-4-2-5-14(19)17(11)9-3-8-16-10-12(15)6-7-13(16)18/h2,4-7,10H,3,8-9,15H2,1H3. The zero-order chi connectivity index (χ0) is 13.8. The van der Waals surface area contributed by atoms with E-state index in [9.17, 15) is 9.59 Å². The summed E-state index contributed by atoms with van der Waals surface area (Å²) in [6, 6.07) is 8.23. The van der Waals surface area contributed by atoms with E-state index in [1.807, 2.05) is 13.0 Å². The maximum Gasteiger partial charge on any atom is 0.250 e. The van der Waals surface area contributed by atoms with Crippen LogP contribution in [0.2, 0.25) is 0 Å². The molecule has 0 aliphatic heterocycles. The summed E-state index contributed by atoms with van der Waals surface area (Å²) in [4.78, 5) is 23.3. The minimum absolute atomic E-state index is 0.0140. The Labute approximate surface area is 110 Å². The molecule has 0 aromatic carbocycles. The zero-order valence-corrected chi connectivity index (χ0v) is 10.9. The molecule has 2 aromatic rings. The van der Waals surface area contributed by atoms with Crippen LogP contribution in [-0.4, -0.2) is 9.13 Å². The van der Waals surface area contributed by atoms with Gasteiger partial charge < -0.3 is 14.9 Å². The molecule has 5 nitrogen and oxygen atoms in total. The lowest BCUT2D eigenvalue weighted by Crippen LogP contribution is -2.24. The van der Waals surface area contributed by atoms with Gasteiger partial charge in [0.25, 0.3) is 11.1 Å². The first-order chi connectivity index (χ1) is 9.08. The third-order valence-electron chi connectivity index (χ3n) is 3.06. The van der Waals surface area contributed by atoms with Crippen molar-refractivity contribution in [3.05, 3.63) is 62.9 Å². The lowest BCUT2D eigenvalue weighted by atomic mass is 10.3. The summed E-state index contributed by atoms with van der Waals surface area (Å²) in [7, 11) is 0. The minimum Gasteiger partial charge on any atom is -0.398 e. The molecule has 100 valence electrons. The van der Waals surface area contributed by atoms with E-state index in [4.69, 9.17) is 5.73 Å². The van der Waals surface area contributed by atoms with E-state index in [2.05, 4.69) is 0 Å². The number of aryl methyl sites for hydroxylation is 2. The number of hydrogen-bond acceptors (Lipinski definition) is 3. The topological polar surface area (TPSA) is 70.0 Å². The molecule has 2 N–H and O–H groups in total. The first-order valence-electron chi connectivity index (χ1n) is 6.20. The van der Waals surface area contributed by atoms with E-state index in [-0.39, 0.29) is 11.1 Å². The van der Waals surface area contributed by atoms with Gasteiger partial charge in [0.05, 0.1) is 0 Å². The second kappa shape index (κ2) is 5.56. The Balaban J connectivity index is 2.06. The molecule has 2 aromatic heterocycles. The van der Waals surface area contributed by atoms with Crippen molar-refractivity contribution < 1.29 is 0 Å². The van der Waals surface area contributed by atoms with Crippen molar-refractivity contribution in [3.8, 4) is 0 Å². The van der Waals surface area contributed by atoms with Gasteiger partial charge in [0.15, 0.2) is 0 Å². The normalized spacial score (nSPS) is 10.6. The van der Waals surface area contributed by atoms with Crippen LogP contribution in [0.15, 0.2) is 46.1 Å². The highest BCUT2D eigenvalue weighted by Crippen LogP contribution is 2.00. The highest BCUT2D eigenvalue weighted by atomic mass is 16.1. The molecule has 0 aliphatic carbocycles. The van der Waals surface area contributed by atoms with Crippen molar-refractivity contribution in [2.24, 2.45) is 0 Å². The van der Waals surface area contributed by atoms with E-state index >= 15 is 0 Å². The van der Waals surface area contributed by atoms with Crippen molar-refractivity contribution in [1.29, 1.82) is 0 Å². The van der Waals surface area contributed by atoms with Crippen LogP contribution < -0.4 is 16.9 Å². The van der Waals surface area contributed by atoms with Crippen molar-refractivity contribution >= 4 is 5.69 Å². The Morgan fingerprint density at radius 1 is 1.05 bits per heavy atom. The summed E-state index contributed by atoms with van der Waals surface area (Å²) in [5, 5.41) is 0. The van der Waals surface area contributed by atoms with Gasteiger partial charge in [-0.1, -0.05) is 6.07 Å². The summed E-state index contributed by atoms with van der Waals surface area (Å²) in [5.41, 5.74) is 7.04. The molecular formula is C14H17N3O2. The monoisotopic (exact) mass is 259 g/mol. The van der Waals surface area contributed by atoms with Crippen LogP contribution in [0.3, 0.4) is 0 Å². The van der Waals surface area contributed by atoms with Gasteiger partial charge in [0.2, 0.25) is 0 Å². The second-order valence-corrected chi connectivity index (χ2v) is 4.50. The van der Waals surface area contributed by atoms with Gasteiger partial charge in [-0.15, -0.1) is 0 Å². The van der Waals surface area contributed by atoms with Crippen LogP contribution in [0.1, 0.15) is 12.1 Å². The van der Waals surface area contributed by atoms with Crippen LogP contribution in [-0.2, 0) is 13.1 Å². The molecule has 0 saturated carbocycles. The van der Waals surface area contributed by atoms with Crippen molar-refractivity contribution in [3.63, 3.8) is 0 Å². The molecule has 0 unspecified atom stereocenters. The summed E-state index contributed by atoms with van der Waals surface area (Å²) < 4.78 is 3.27. The third kappa shape index (κ3) is 3.13. The molecule has 0 saturated heterocycles. The van der Waals surface area contributed by atoms with Crippen LogP contribution in [0, 0.1) is 6.92 Å². The quantitative estimate of drug-likeness (QED) is 0.890. The van der Waals surface area contributed by atoms with Crippen LogP contribution in [0.5, 0.6) is 0 Å². The summed E-state index contributed by atoms with van der Waals surface area (Å²) >= 11 is 0. The first kappa shape index (κ1) is 13.1. The van der Waals surface area contributed by atoms with Crippen molar-refractivity contribution in [2.45, 2.75) is 26.4 Å². The van der Waals surface area contributed by atoms with Gasteiger partial charge >= 0.3 is 0 Å². The molecule has 0 atom stereocenters. The fourth-order valence-electron chi connectivity index (χ4n) is 2.03. The lowest BCUT2D eigenvalue weighted by molar-refractivity contribution is 0.536. The average Bonchev–Trinajstić information content (AvgIpc) is 2.37. The number of hydrogen-bond donors (Lipinski definition) is 1. The molecular weight excluding hydrogens is 242 g/mol. The van der Waals surface area contributed by atoms with E-state index in [1.54, 1.807) is 33.5 Å². The minimum atomic E-state index is -0.0775. The highest BCUT2D eigenvalue weighted by molar-refractivity contribution is 5.33. The van der Waals surface area contributed by atoms with Gasteiger partial charge in [0.1, 0.15) is 0 Å².